The summed E-state index contributed by atoms with van der Waals surface area (Å²) < 4.78 is 39.6. The van der Waals surface area contributed by atoms with Crippen LogP contribution in [0, 0.1) is 17.5 Å². The Hall–Kier alpha value is -2.61. The summed E-state index contributed by atoms with van der Waals surface area (Å²) in [6, 6.07) is 4.47. The van der Waals surface area contributed by atoms with Gasteiger partial charge in [0.05, 0.1) is 30.1 Å². The third-order valence-corrected chi connectivity index (χ3v) is 3.37. The minimum absolute atomic E-state index is 0.0495. The molecule has 1 amide bonds. The van der Waals surface area contributed by atoms with Crippen LogP contribution in [0.1, 0.15) is 23.7 Å². The molecule has 3 N–H and O–H groups in total. The number of nitrogens with one attached hydrogen (secondary N) is 2. The van der Waals surface area contributed by atoms with Gasteiger partial charge in [-0.25, -0.2) is 18.2 Å². The normalized spacial score (nSPS) is 11.9. The molecule has 0 saturated carbocycles. The lowest BCUT2D eigenvalue weighted by Gasteiger charge is -2.14. The van der Waals surface area contributed by atoms with Crippen molar-refractivity contribution in [3.8, 4) is 0 Å². The quantitative estimate of drug-likeness (QED) is 0.708. The zero-order valence-electron chi connectivity index (χ0n) is 12.8. The lowest BCUT2D eigenvalue weighted by molar-refractivity contribution is 0.102. The maximum Gasteiger partial charge on any atom is 0.258 e. The average Bonchev–Trinajstić information content (AvgIpc) is 2.59. The molecule has 1 aromatic carbocycles. The van der Waals surface area contributed by atoms with Gasteiger partial charge < -0.3 is 15.7 Å². The van der Waals surface area contributed by atoms with Crippen LogP contribution in [0.25, 0.3) is 0 Å². The summed E-state index contributed by atoms with van der Waals surface area (Å²) in [5, 5.41) is 14.4. The predicted octanol–water partition coefficient (Wildman–Crippen LogP) is 2.93. The second kappa shape index (κ2) is 7.78. The first kappa shape index (κ1) is 17.7. The molecule has 0 aliphatic carbocycles. The van der Waals surface area contributed by atoms with Crippen LogP contribution in [-0.2, 0) is 0 Å². The number of carbonyl (C=O) groups excluding carboxylic acids is 1. The molecular weight excluding hydrogens is 323 g/mol. The van der Waals surface area contributed by atoms with E-state index in [0.717, 1.165) is 6.07 Å². The maximum absolute atomic E-state index is 13.6. The number of pyridine rings is 1. The van der Waals surface area contributed by atoms with Crippen molar-refractivity contribution in [3.63, 3.8) is 0 Å². The van der Waals surface area contributed by atoms with E-state index in [0.29, 0.717) is 18.3 Å². The average molecular weight is 339 g/mol. The smallest absolute Gasteiger partial charge is 0.258 e. The third-order valence-electron chi connectivity index (χ3n) is 3.37. The van der Waals surface area contributed by atoms with E-state index in [9.17, 15) is 18.0 Å². The first-order chi connectivity index (χ1) is 11.5. The van der Waals surface area contributed by atoms with Crippen molar-refractivity contribution in [2.75, 3.05) is 17.2 Å². The number of carbonyl (C=O) groups is 1. The first-order valence-electron chi connectivity index (χ1n) is 7.24. The van der Waals surface area contributed by atoms with Crippen LogP contribution in [-0.4, -0.2) is 28.6 Å². The van der Waals surface area contributed by atoms with Crippen molar-refractivity contribution in [1.29, 1.82) is 0 Å². The van der Waals surface area contributed by atoms with E-state index >= 15 is 0 Å². The molecule has 0 aliphatic heterocycles. The summed E-state index contributed by atoms with van der Waals surface area (Å²) in [5.41, 5.74) is -0.353. The van der Waals surface area contributed by atoms with E-state index in [1.54, 1.807) is 6.07 Å². The minimum Gasteiger partial charge on any atom is -0.394 e. The summed E-state index contributed by atoms with van der Waals surface area (Å²) in [6.07, 6.45) is 2.02. The minimum atomic E-state index is -1.70. The molecule has 128 valence electrons. The second-order valence-corrected chi connectivity index (χ2v) is 5.04. The van der Waals surface area contributed by atoms with Gasteiger partial charge in [0.1, 0.15) is 5.82 Å². The van der Waals surface area contributed by atoms with E-state index in [-0.39, 0.29) is 18.3 Å². The highest BCUT2D eigenvalue weighted by molar-refractivity contribution is 6.04. The van der Waals surface area contributed by atoms with Crippen molar-refractivity contribution in [1.82, 2.24) is 4.98 Å². The molecular formula is C16H16F3N3O2. The van der Waals surface area contributed by atoms with Gasteiger partial charge in [0.2, 0.25) is 0 Å². The Morgan fingerprint density at radius 1 is 1.21 bits per heavy atom. The van der Waals surface area contributed by atoms with Crippen molar-refractivity contribution in [2.24, 2.45) is 0 Å². The van der Waals surface area contributed by atoms with Gasteiger partial charge in [-0.1, -0.05) is 6.92 Å². The second-order valence-electron chi connectivity index (χ2n) is 5.04. The van der Waals surface area contributed by atoms with Crippen LogP contribution in [0.2, 0.25) is 0 Å². The van der Waals surface area contributed by atoms with E-state index in [1.807, 2.05) is 6.92 Å². The topological polar surface area (TPSA) is 74.2 Å². The fourth-order valence-electron chi connectivity index (χ4n) is 1.94. The number of anilines is 2. The zero-order valence-corrected chi connectivity index (χ0v) is 12.8. The number of hydrogen-bond acceptors (Lipinski definition) is 4. The van der Waals surface area contributed by atoms with E-state index in [1.165, 1.54) is 12.3 Å². The number of rotatable bonds is 6. The van der Waals surface area contributed by atoms with Gasteiger partial charge in [0, 0.05) is 0 Å². The van der Waals surface area contributed by atoms with Gasteiger partial charge in [-0.2, -0.15) is 0 Å². The number of benzene rings is 1. The maximum atomic E-state index is 13.6. The third kappa shape index (κ3) is 4.02. The summed E-state index contributed by atoms with van der Waals surface area (Å²) >= 11 is 0. The first-order valence-corrected chi connectivity index (χ1v) is 7.24. The summed E-state index contributed by atoms with van der Waals surface area (Å²) in [4.78, 5) is 16.0. The lowest BCUT2D eigenvalue weighted by Crippen LogP contribution is -2.23. The number of hydrogen-bond donors (Lipinski definition) is 3. The summed E-state index contributed by atoms with van der Waals surface area (Å²) in [6.45, 7) is 1.85. The summed E-state index contributed by atoms with van der Waals surface area (Å²) in [7, 11) is 0. The van der Waals surface area contributed by atoms with Crippen molar-refractivity contribution in [2.45, 2.75) is 19.4 Å². The monoisotopic (exact) mass is 339 g/mol. The highest BCUT2D eigenvalue weighted by Crippen LogP contribution is 2.17. The van der Waals surface area contributed by atoms with Crippen LogP contribution in [0.5, 0.6) is 0 Å². The van der Waals surface area contributed by atoms with Crippen molar-refractivity contribution < 1.29 is 23.1 Å². The van der Waals surface area contributed by atoms with Gasteiger partial charge in [0.25, 0.3) is 5.91 Å². The van der Waals surface area contributed by atoms with E-state index in [4.69, 9.17) is 5.11 Å². The highest BCUT2D eigenvalue weighted by atomic mass is 19.2. The zero-order chi connectivity index (χ0) is 17.7. The Morgan fingerprint density at radius 3 is 2.54 bits per heavy atom. The Labute approximate surface area is 136 Å². The number of aliphatic hydroxyl groups is 1. The molecule has 1 heterocycles. The van der Waals surface area contributed by atoms with E-state index in [2.05, 4.69) is 15.6 Å². The van der Waals surface area contributed by atoms with Crippen LogP contribution in [0.3, 0.4) is 0 Å². The summed E-state index contributed by atoms with van der Waals surface area (Å²) in [5.74, 6) is -5.04. The number of nitrogens with zero attached hydrogens (tertiary/aromatic N) is 1. The predicted molar refractivity (Wildman–Crippen MR) is 83.3 cm³/mol. The van der Waals surface area contributed by atoms with Crippen LogP contribution < -0.4 is 10.6 Å². The molecule has 0 bridgehead atoms. The molecule has 8 heteroatoms. The largest absolute Gasteiger partial charge is 0.394 e. The number of amides is 1. The van der Waals surface area contributed by atoms with Gasteiger partial charge >= 0.3 is 0 Å². The molecule has 0 saturated heterocycles. The lowest BCUT2D eigenvalue weighted by atomic mass is 10.2. The molecule has 24 heavy (non-hydrogen) atoms. The van der Waals surface area contributed by atoms with Crippen LogP contribution >= 0.6 is 0 Å². The molecule has 2 aromatic rings. The molecule has 0 fully saturated rings. The molecule has 0 aliphatic rings. The Morgan fingerprint density at radius 2 is 1.96 bits per heavy atom. The van der Waals surface area contributed by atoms with Gasteiger partial charge in [-0.05, 0) is 30.7 Å². The van der Waals surface area contributed by atoms with Gasteiger partial charge in [0.15, 0.2) is 17.5 Å². The fourth-order valence-corrected chi connectivity index (χ4v) is 1.94. The van der Waals surface area contributed by atoms with Gasteiger partial charge in [-0.15, -0.1) is 0 Å². The van der Waals surface area contributed by atoms with Gasteiger partial charge in [-0.3, -0.25) is 4.79 Å². The Kier molecular flexibility index (Phi) is 5.75. The molecule has 0 radical (unpaired) electrons. The van der Waals surface area contributed by atoms with E-state index < -0.39 is 28.9 Å². The Balaban J connectivity index is 2.09. The van der Waals surface area contributed by atoms with Crippen LogP contribution in [0.4, 0.5) is 24.7 Å². The number of aliphatic hydroxyl groups excluding tert-OH is 1. The molecule has 1 unspecified atom stereocenters. The number of halogens is 3. The molecule has 5 nitrogen and oxygen atoms in total. The number of aromatic nitrogens is 1. The SMILES string of the molecule is CCC(CO)Nc1ccc(NC(=O)c2ccc(F)c(F)c2F)cn1. The van der Waals surface area contributed by atoms with Crippen molar-refractivity contribution in [3.05, 3.63) is 53.5 Å². The molecule has 0 spiro atoms. The fraction of sp³-hybridized carbons (Fsp3) is 0.250. The van der Waals surface area contributed by atoms with Crippen molar-refractivity contribution >= 4 is 17.4 Å². The Bertz CT molecular complexity index is 719. The van der Waals surface area contributed by atoms with Crippen LogP contribution in [0.15, 0.2) is 30.5 Å². The molecule has 1 atom stereocenters. The molecule has 2 rings (SSSR count). The molecule has 1 aromatic heterocycles. The highest BCUT2D eigenvalue weighted by Gasteiger charge is 2.19. The standard InChI is InChI=1S/C16H16F3N3O2/c1-2-9(8-23)21-13-6-3-10(7-20-13)22-16(24)11-4-5-12(17)15(19)14(11)18/h3-7,9,23H,2,8H2,1H3,(H,20,21)(H,22,24).